The zero-order chi connectivity index (χ0) is 21.9. The van der Waals surface area contributed by atoms with Crippen molar-refractivity contribution in [2.75, 3.05) is 19.0 Å². The molecule has 156 valence electrons. The Balaban J connectivity index is 1.97. The number of nitrogens with zero attached hydrogens (tertiary/aromatic N) is 4. The molecule has 0 radical (unpaired) electrons. The van der Waals surface area contributed by atoms with Crippen molar-refractivity contribution in [3.8, 4) is 11.4 Å². The number of hydrogen-bond acceptors (Lipinski definition) is 3. The second-order valence-corrected chi connectivity index (χ2v) is 8.86. The van der Waals surface area contributed by atoms with Gasteiger partial charge in [0.05, 0.1) is 11.8 Å². The summed E-state index contributed by atoms with van der Waals surface area (Å²) in [6.07, 6.45) is 5.66. The number of anilines is 1. The zero-order valence-corrected chi connectivity index (χ0v) is 18.8. The predicted octanol–water partition coefficient (Wildman–Crippen LogP) is 4.31. The lowest BCUT2D eigenvalue weighted by atomic mass is 9.91. The Morgan fingerprint density at radius 2 is 1.70 bits per heavy atom. The lowest BCUT2D eigenvalue weighted by molar-refractivity contribution is -0.673. The minimum Gasteiger partial charge on any atom is -0.378 e. The first-order chi connectivity index (χ1) is 14.1. The molecule has 3 rings (SSSR count). The van der Waals surface area contributed by atoms with E-state index in [0.717, 1.165) is 22.6 Å². The number of carbonyl (C=O) groups is 1. The number of carbonyl (C=O) groups excluding carboxylic acids is 1. The maximum atomic E-state index is 12.7. The van der Waals surface area contributed by atoms with Crippen LogP contribution < -0.4 is 9.47 Å². The molecule has 0 N–H and O–H groups in total. The van der Waals surface area contributed by atoms with Crippen LogP contribution in [0.4, 0.5) is 5.69 Å². The van der Waals surface area contributed by atoms with Gasteiger partial charge in [0.15, 0.2) is 12.0 Å². The molecule has 5 heteroatoms. The number of ketones is 1. The third kappa shape index (κ3) is 5.03. The first-order valence-corrected chi connectivity index (χ1v) is 10.2. The summed E-state index contributed by atoms with van der Waals surface area (Å²) in [5, 5.41) is 4.69. The van der Waals surface area contributed by atoms with Crippen LogP contribution in [0.1, 0.15) is 31.9 Å². The van der Waals surface area contributed by atoms with Crippen LogP contribution in [-0.4, -0.2) is 30.8 Å². The minimum atomic E-state index is -0.392. The van der Waals surface area contributed by atoms with Gasteiger partial charge in [-0.05, 0) is 36.8 Å². The second-order valence-electron chi connectivity index (χ2n) is 8.86. The quantitative estimate of drug-likeness (QED) is 0.454. The van der Waals surface area contributed by atoms with E-state index < -0.39 is 5.41 Å². The monoisotopic (exact) mass is 403 g/mol. The van der Waals surface area contributed by atoms with Crippen LogP contribution in [0.5, 0.6) is 0 Å². The van der Waals surface area contributed by atoms with Gasteiger partial charge in [0, 0.05) is 25.2 Å². The van der Waals surface area contributed by atoms with E-state index in [1.54, 1.807) is 0 Å². The molecule has 0 unspecified atom stereocenters. The largest absolute Gasteiger partial charge is 0.378 e. The van der Waals surface area contributed by atoms with Gasteiger partial charge in [-0.25, -0.2) is 4.57 Å². The van der Waals surface area contributed by atoms with Crippen LogP contribution in [0.25, 0.3) is 11.4 Å². The van der Waals surface area contributed by atoms with E-state index in [1.165, 1.54) is 5.56 Å². The standard InChI is InChI=1S/C25H31N4O/c1-19-7-11-21(12-8-19)24-28(18-23(30)25(2,3)4)15-16-29(24)26-17-20-9-13-22(14-10-20)27(5)6/h7-17H,18H2,1-6H3/q+1/b26-17+. The molecule has 0 spiro atoms. The molecule has 0 aliphatic heterocycles. The van der Waals surface area contributed by atoms with Gasteiger partial charge in [-0.15, -0.1) is 4.68 Å². The summed E-state index contributed by atoms with van der Waals surface area (Å²) in [6, 6.07) is 16.5. The average Bonchev–Trinajstić information content (AvgIpc) is 3.09. The molecule has 2 aromatic carbocycles. The van der Waals surface area contributed by atoms with E-state index in [9.17, 15) is 4.79 Å². The number of Topliss-reactive ketones (excluding diaryl/α,β-unsaturated/α-hetero) is 1. The van der Waals surface area contributed by atoms with Gasteiger partial charge >= 0.3 is 5.82 Å². The zero-order valence-electron chi connectivity index (χ0n) is 18.8. The maximum absolute atomic E-state index is 12.7. The van der Waals surface area contributed by atoms with Gasteiger partial charge in [0.1, 0.15) is 12.7 Å². The number of aromatic nitrogens is 2. The van der Waals surface area contributed by atoms with Crippen molar-refractivity contribution in [2.45, 2.75) is 34.2 Å². The Morgan fingerprint density at radius 3 is 2.27 bits per heavy atom. The Hall–Kier alpha value is -3.21. The topological polar surface area (TPSA) is 41.5 Å². The molecule has 0 fully saturated rings. The van der Waals surface area contributed by atoms with Crippen LogP contribution in [0, 0.1) is 12.3 Å². The Kier molecular flexibility index (Phi) is 6.20. The Morgan fingerprint density at radius 1 is 1.07 bits per heavy atom. The lowest BCUT2D eigenvalue weighted by Crippen LogP contribution is -2.42. The third-order valence-electron chi connectivity index (χ3n) is 5.08. The van der Waals surface area contributed by atoms with Gasteiger partial charge in [0.25, 0.3) is 0 Å². The summed E-state index contributed by atoms with van der Waals surface area (Å²) in [4.78, 5) is 14.7. The van der Waals surface area contributed by atoms with Crippen molar-refractivity contribution >= 4 is 17.7 Å². The first-order valence-electron chi connectivity index (χ1n) is 10.2. The summed E-state index contributed by atoms with van der Waals surface area (Å²) >= 11 is 0. The summed E-state index contributed by atoms with van der Waals surface area (Å²) in [7, 11) is 4.04. The molecule has 0 amide bonds. The number of benzene rings is 2. The summed E-state index contributed by atoms with van der Waals surface area (Å²) in [5.41, 5.74) is 3.98. The number of hydrogen-bond donors (Lipinski definition) is 0. The molecule has 0 saturated heterocycles. The average molecular weight is 404 g/mol. The van der Waals surface area contributed by atoms with E-state index in [0.29, 0.717) is 6.54 Å². The number of imidazole rings is 1. The van der Waals surface area contributed by atoms with Crippen LogP contribution in [0.3, 0.4) is 0 Å². The molecular formula is C25H31N4O+. The number of rotatable bonds is 6. The highest BCUT2D eigenvalue weighted by Crippen LogP contribution is 2.19. The highest BCUT2D eigenvalue weighted by molar-refractivity contribution is 5.82. The van der Waals surface area contributed by atoms with Crippen LogP contribution in [0.2, 0.25) is 0 Å². The van der Waals surface area contributed by atoms with Crippen LogP contribution in [0.15, 0.2) is 66.0 Å². The van der Waals surface area contributed by atoms with E-state index in [2.05, 4.69) is 53.3 Å². The van der Waals surface area contributed by atoms with Gasteiger partial charge in [-0.2, -0.15) is 0 Å². The Labute approximate surface area is 179 Å². The SMILES string of the molecule is Cc1ccc(-c2n(/N=C/c3ccc(N(C)C)cc3)cc[n+]2CC(=O)C(C)(C)C)cc1. The van der Waals surface area contributed by atoms with E-state index in [4.69, 9.17) is 0 Å². The molecular weight excluding hydrogens is 372 g/mol. The van der Waals surface area contributed by atoms with E-state index >= 15 is 0 Å². The molecule has 1 aromatic heterocycles. The predicted molar refractivity (Wildman–Crippen MR) is 123 cm³/mol. The van der Waals surface area contributed by atoms with Gasteiger partial charge in [0.2, 0.25) is 0 Å². The van der Waals surface area contributed by atoms with Crippen molar-refractivity contribution < 1.29 is 9.36 Å². The smallest absolute Gasteiger partial charge is 0.314 e. The molecule has 0 atom stereocenters. The van der Waals surface area contributed by atoms with Crippen molar-refractivity contribution in [3.63, 3.8) is 0 Å². The van der Waals surface area contributed by atoms with Crippen LogP contribution >= 0.6 is 0 Å². The van der Waals surface area contributed by atoms with Crippen molar-refractivity contribution in [3.05, 3.63) is 72.1 Å². The van der Waals surface area contributed by atoms with Gasteiger partial charge in [-0.1, -0.05) is 55.7 Å². The van der Waals surface area contributed by atoms with E-state index in [1.807, 2.05) is 74.9 Å². The summed E-state index contributed by atoms with van der Waals surface area (Å²) in [5.74, 6) is 1.07. The fourth-order valence-electron chi connectivity index (χ4n) is 3.02. The maximum Gasteiger partial charge on any atom is 0.314 e. The first kappa shape index (κ1) is 21.5. The second kappa shape index (κ2) is 8.66. The molecule has 1 heterocycles. The molecule has 30 heavy (non-hydrogen) atoms. The fraction of sp³-hybridized carbons (Fsp3) is 0.320. The molecule has 5 nitrogen and oxygen atoms in total. The highest BCUT2D eigenvalue weighted by atomic mass is 16.1. The third-order valence-corrected chi connectivity index (χ3v) is 5.08. The molecule has 0 aliphatic carbocycles. The van der Waals surface area contributed by atoms with Crippen LogP contribution in [-0.2, 0) is 11.3 Å². The van der Waals surface area contributed by atoms with E-state index in [-0.39, 0.29) is 5.78 Å². The highest BCUT2D eigenvalue weighted by Gasteiger charge is 2.27. The molecule has 0 saturated carbocycles. The van der Waals surface area contributed by atoms with Crippen molar-refractivity contribution in [2.24, 2.45) is 10.5 Å². The fourth-order valence-corrected chi connectivity index (χ4v) is 3.02. The molecule has 0 bridgehead atoms. The Bertz CT molecular complexity index is 1040. The minimum absolute atomic E-state index is 0.182. The number of aryl methyl sites for hydroxylation is 1. The molecule has 3 aromatic rings. The van der Waals surface area contributed by atoms with Crippen molar-refractivity contribution in [1.82, 2.24) is 4.68 Å². The molecule has 0 aliphatic rings. The lowest BCUT2D eigenvalue weighted by Gasteiger charge is -2.15. The normalized spacial score (nSPS) is 11.8. The van der Waals surface area contributed by atoms with Gasteiger partial charge < -0.3 is 4.90 Å². The summed E-state index contributed by atoms with van der Waals surface area (Å²) < 4.78 is 3.81. The van der Waals surface area contributed by atoms with Gasteiger partial charge in [-0.3, -0.25) is 4.79 Å². The summed E-state index contributed by atoms with van der Waals surface area (Å²) in [6.45, 7) is 8.23. The van der Waals surface area contributed by atoms with Crippen molar-refractivity contribution in [1.29, 1.82) is 0 Å².